The van der Waals surface area contributed by atoms with Crippen LogP contribution in [-0.2, 0) is 5.41 Å². The van der Waals surface area contributed by atoms with Gasteiger partial charge in [-0.25, -0.2) is 4.39 Å². The Morgan fingerprint density at radius 1 is 1.47 bits per heavy atom. The van der Waals surface area contributed by atoms with E-state index in [4.69, 9.17) is 0 Å². The van der Waals surface area contributed by atoms with E-state index in [2.05, 4.69) is 18.3 Å². The Morgan fingerprint density at radius 2 is 2.27 bits per heavy atom. The monoisotopic (exact) mass is 205 g/mol. The number of piperidine rings is 1. The van der Waals surface area contributed by atoms with Crippen LogP contribution in [-0.4, -0.2) is 13.1 Å². The normalized spacial score (nSPS) is 37.8. The molecule has 0 bridgehead atoms. The second-order valence-corrected chi connectivity index (χ2v) is 5.03. The molecule has 3 atom stereocenters. The molecule has 2 fully saturated rings. The van der Waals surface area contributed by atoms with Crippen LogP contribution >= 0.6 is 0 Å². The quantitative estimate of drug-likeness (QED) is 0.741. The molecule has 1 aromatic rings. The number of fused-ring (bicyclic) bond motifs is 1. The van der Waals surface area contributed by atoms with Crippen molar-refractivity contribution in [2.24, 2.45) is 11.8 Å². The molecule has 1 saturated heterocycles. The lowest BCUT2D eigenvalue weighted by molar-refractivity contribution is 0.578. The Balaban J connectivity index is 2.03. The van der Waals surface area contributed by atoms with Crippen LogP contribution in [0.2, 0.25) is 0 Å². The van der Waals surface area contributed by atoms with Crippen LogP contribution in [0.3, 0.4) is 0 Å². The van der Waals surface area contributed by atoms with Crippen LogP contribution in [0.5, 0.6) is 0 Å². The molecule has 80 valence electrons. The van der Waals surface area contributed by atoms with Crippen molar-refractivity contribution >= 4 is 0 Å². The molecule has 1 nitrogen and oxygen atoms in total. The van der Waals surface area contributed by atoms with Crippen LogP contribution in [0.25, 0.3) is 0 Å². The van der Waals surface area contributed by atoms with Crippen molar-refractivity contribution in [3.63, 3.8) is 0 Å². The van der Waals surface area contributed by atoms with Crippen molar-refractivity contribution in [3.8, 4) is 0 Å². The summed E-state index contributed by atoms with van der Waals surface area (Å²) in [5.41, 5.74) is 2.17. The molecule has 1 aromatic carbocycles. The van der Waals surface area contributed by atoms with E-state index >= 15 is 0 Å². The van der Waals surface area contributed by atoms with Gasteiger partial charge in [0, 0.05) is 12.0 Å². The number of benzene rings is 1. The molecule has 0 aromatic heterocycles. The van der Waals surface area contributed by atoms with Crippen LogP contribution in [0, 0.1) is 24.6 Å². The van der Waals surface area contributed by atoms with Crippen molar-refractivity contribution in [3.05, 3.63) is 35.1 Å². The fourth-order valence-corrected chi connectivity index (χ4v) is 3.27. The van der Waals surface area contributed by atoms with Crippen LogP contribution in [0.15, 0.2) is 18.2 Å². The highest BCUT2D eigenvalue weighted by Crippen LogP contribution is 2.61. The number of halogens is 1. The summed E-state index contributed by atoms with van der Waals surface area (Å²) in [6, 6.07) is 5.74. The van der Waals surface area contributed by atoms with Crippen molar-refractivity contribution < 1.29 is 4.39 Å². The van der Waals surface area contributed by atoms with Crippen molar-refractivity contribution in [2.45, 2.75) is 19.3 Å². The molecule has 0 amide bonds. The molecular formula is C13H16FN. The Kier molecular flexibility index (Phi) is 1.76. The molecule has 2 heteroatoms. The number of aryl methyl sites for hydroxylation is 1. The van der Waals surface area contributed by atoms with Crippen LogP contribution < -0.4 is 5.32 Å². The molecule has 1 aliphatic carbocycles. The van der Waals surface area contributed by atoms with Gasteiger partial charge in [-0.05, 0) is 42.5 Å². The third kappa shape index (κ3) is 1.06. The third-order valence-electron chi connectivity index (χ3n) is 4.46. The molecule has 1 N–H and O–H groups in total. The molecule has 1 aliphatic heterocycles. The molecule has 1 heterocycles. The minimum Gasteiger partial charge on any atom is -0.316 e. The third-order valence-corrected chi connectivity index (χ3v) is 4.46. The van der Waals surface area contributed by atoms with Gasteiger partial charge in [-0.2, -0.15) is 0 Å². The summed E-state index contributed by atoms with van der Waals surface area (Å²) in [5, 5.41) is 3.40. The largest absolute Gasteiger partial charge is 0.316 e. The topological polar surface area (TPSA) is 12.0 Å². The highest BCUT2D eigenvalue weighted by molar-refractivity contribution is 5.40. The Bertz CT molecular complexity index is 415. The minimum atomic E-state index is -0.0633. The molecule has 0 radical (unpaired) electrons. The zero-order chi connectivity index (χ0) is 10.6. The van der Waals surface area contributed by atoms with Crippen LogP contribution in [0.1, 0.15) is 18.1 Å². The number of rotatable bonds is 1. The maximum Gasteiger partial charge on any atom is 0.126 e. The first-order valence-corrected chi connectivity index (χ1v) is 5.63. The molecule has 0 spiro atoms. The Hall–Kier alpha value is -0.890. The number of nitrogens with one attached hydrogen (secondary N) is 1. The second-order valence-electron chi connectivity index (χ2n) is 5.03. The van der Waals surface area contributed by atoms with Crippen molar-refractivity contribution in [2.75, 3.05) is 13.1 Å². The summed E-state index contributed by atoms with van der Waals surface area (Å²) in [6.45, 7) is 6.21. The highest BCUT2D eigenvalue weighted by atomic mass is 19.1. The molecule has 15 heavy (non-hydrogen) atoms. The van der Waals surface area contributed by atoms with E-state index in [9.17, 15) is 4.39 Å². The Morgan fingerprint density at radius 3 is 2.87 bits per heavy atom. The first kappa shape index (κ1) is 9.34. The number of hydrogen-bond acceptors (Lipinski definition) is 1. The van der Waals surface area contributed by atoms with Gasteiger partial charge >= 0.3 is 0 Å². The highest BCUT2D eigenvalue weighted by Gasteiger charge is 2.64. The van der Waals surface area contributed by atoms with Gasteiger partial charge in [0.15, 0.2) is 0 Å². The minimum absolute atomic E-state index is 0.0633. The standard InChI is InChI=1S/C13H16FN/c1-8-3-4-10(5-12(8)14)13-7-15-6-11(13)9(13)2/h3-5,9,11,15H,6-7H2,1-2H3/t9-,11?,13?/m1/s1. The summed E-state index contributed by atoms with van der Waals surface area (Å²) in [7, 11) is 0. The van der Waals surface area contributed by atoms with E-state index in [1.807, 2.05) is 13.0 Å². The second kappa shape index (κ2) is 2.82. The summed E-state index contributed by atoms with van der Waals surface area (Å²) in [5.74, 6) is 1.37. The van der Waals surface area contributed by atoms with Gasteiger partial charge < -0.3 is 5.32 Å². The van der Waals surface area contributed by atoms with Gasteiger partial charge in [0.1, 0.15) is 5.82 Å². The van der Waals surface area contributed by atoms with Gasteiger partial charge in [-0.1, -0.05) is 19.1 Å². The van der Waals surface area contributed by atoms with Gasteiger partial charge in [0.2, 0.25) is 0 Å². The zero-order valence-electron chi connectivity index (χ0n) is 9.18. The molecule has 2 aliphatic rings. The summed E-state index contributed by atoms with van der Waals surface area (Å²) < 4.78 is 13.5. The predicted octanol–water partition coefficient (Wildman–Crippen LogP) is 2.24. The molecule has 3 rings (SSSR count). The van der Waals surface area contributed by atoms with Gasteiger partial charge in [-0.15, -0.1) is 0 Å². The Labute approximate surface area is 89.7 Å². The van der Waals surface area contributed by atoms with Gasteiger partial charge in [0.25, 0.3) is 0 Å². The average molecular weight is 205 g/mol. The molecular weight excluding hydrogens is 189 g/mol. The van der Waals surface area contributed by atoms with E-state index in [-0.39, 0.29) is 11.2 Å². The summed E-state index contributed by atoms with van der Waals surface area (Å²) >= 11 is 0. The fourth-order valence-electron chi connectivity index (χ4n) is 3.27. The molecule has 2 unspecified atom stereocenters. The lowest BCUT2D eigenvalue weighted by Crippen LogP contribution is -2.22. The SMILES string of the molecule is Cc1ccc(C23CNCC2[C@H]3C)cc1F. The first-order chi connectivity index (χ1) is 7.16. The zero-order valence-corrected chi connectivity index (χ0v) is 9.18. The summed E-state index contributed by atoms with van der Waals surface area (Å²) in [6.07, 6.45) is 0. The number of hydrogen-bond donors (Lipinski definition) is 1. The van der Waals surface area contributed by atoms with E-state index < -0.39 is 0 Å². The lowest BCUT2D eigenvalue weighted by atomic mass is 9.92. The lowest BCUT2D eigenvalue weighted by Gasteiger charge is -2.14. The smallest absolute Gasteiger partial charge is 0.126 e. The summed E-state index contributed by atoms with van der Waals surface area (Å²) in [4.78, 5) is 0. The average Bonchev–Trinajstić information content (AvgIpc) is 2.64. The van der Waals surface area contributed by atoms with Crippen LogP contribution in [0.4, 0.5) is 4.39 Å². The van der Waals surface area contributed by atoms with E-state index in [0.717, 1.165) is 24.6 Å². The fraction of sp³-hybridized carbons (Fsp3) is 0.538. The van der Waals surface area contributed by atoms with E-state index in [0.29, 0.717) is 5.92 Å². The molecule has 1 saturated carbocycles. The van der Waals surface area contributed by atoms with Gasteiger partial charge in [0.05, 0.1) is 0 Å². The van der Waals surface area contributed by atoms with E-state index in [1.54, 1.807) is 6.07 Å². The first-order valence-electron chi connectivity index (χ1n) is 5.63. The van der Waals surface area contributed by atoms with E-state index in [1.165, 1.54) is 5.56 Å². The maximum absolute atomic E-state index is 13.5. The maximum atomic E-state index is 13.5. The van der Waals surface area contributed by atoms with Crippen molar-refractivity contribution in [1.29, 1.82) is 0 Å². The predicted molar refractivity (Wildman–Crippen MR) is 58.3 cm³/mol. The van der Waals surface area contributed by atoms with Crippen molar-refractivity contribution in [1.82, 2.24) is 5.32 Å². The van der Waals surface area contributed by atoms with Gasteiger partial charge in [-0.3, -0.25) is 0 Å².